The van der Waals surface area contributed by atoms with Gasteiger partial charge in [0.05, 0.1) is 17.2 Å². The summed E-state index contributed by atoms with van der Waals surface area (Å²) in [5.41, 5.74) is 0.851. The van der Waals surface area contributed by atoms with Gasteiger partial charge in [0.1, 0.15) is 11.5 Å². The number of furan rings is 1. The van der Waals surface area contributed by atoms with Gasteiger partial charge in [-0.2, -0.15) is 5.26 Å². The molecule has 0 aliphatic rings. The lowest BCUT2D eigenvalue weighted by molar-refractivity contribution is 0.483. The standard InChI is InChI=1S/C15H12N2O2S/c16-8-2-1-5-11-14(13-7-4-10-20-13)17-15(19-11)12-6-3-9-18-12/h3-4,6-7,9-10H,1-2,5H2. The van der Waals surface area contributed by atoms with Crippen LogP contribution in [-0.4, -0.2) is 4.98 Å². The number of unbranched alkanes of at least 4 members (excludes halogenated alkanes) is 1. The van der Waals surface area contributed by atoms with Crippen LogP contribution in [0.1, 0.15) is 18.6 Å². The van der Waals surface area contributed by atoms with Crippen LogP contribution in [0.25, 0.3) is 22.2 Å². The molecule has 20 heavy (non-hydrogen) atoms. The van der Waals surface area contributed by atoms with Gasteiger partial charge in [0.15, 0.2) is 5.76 Å². The van der Waals surface area contributed by atoms with Gasteiger partial charge in [0.25, 0.3) is 5.89 Å². The zero-order valence-corrected chi connectivity index (χ0v) is 11.5. The minimum Gasteiger partial charge on any atom is -0.459 e. The molecule has 4 nitrogen and oxygen atoms in total. The van der Waals surface area contributed by atoms with Crippen LogP contribution in [0.4, 0.5) is 0 Å². The summed E-state index contributed by atoms with van der Waals surface area (Å²) in [6.45, 7) is 0. The van der Waals surface area contributed by atoms with Gasteiger partial charge in [0, 0.05) is 12.8 Å². The van der Waals surface area contributed by atoms with Crippen LogP contribution in [0.15, 0.2) is 44.7 Å². The highest BCUT2D eigenvalue weighted by Gasteiger charge is 2.18. The Kier molecular flexibility index (Phi) is 3.66. The fraction of sp³-hybridized carbons (Fsp3) is 0.200. The van der Waals surface area contributed by atoms with Crippen LogP contribution in [0, 0.1) is 11.3 Å². The highest BCUT2D eigenvalue weighted by molar-refractivity contribution is 7.13. The Morgan fingerprint density at radius 2 is 2.25 bits per heavy atom. The zero-order valence-electron chi connectivity index (χ0n) is 10.7. The molecule has 0 saturated carbocycles. The van der Waals surface area contributed by atoms with Crippen molar-refractivity contribution in [1.82, 2.24) is 4.98 Å². The number of oxazole rings is 1. The molecule has 0 aliphatic heterocycles. The van der Waals surface area contributed by atoms with Crippen LogP contribution in [0.3, 0.4) is 0 Å². The Labute approximate surface area is 120 Å². The van der Waals surface area contributed by atoms with E-state index in [2.05, 4.69) is 11.1 Å². The zero-order chi connectivity index (χ0) is 13.8. The number of aryl methyl sites for hydroxylation is 1. The molecule has 100 valence electrons. The van der Waals surface area contributed by atoms with Gasteiger partial charge in [-0.3, -0.25) is 0 Å². The molecule has 0 N–H and O–H groups in total. The highest BCUT2D eigenvalue weighted by Crippen LogP contribution is 2.32. The van der Waals surface area contributed by atoms with Gasteiger partial charge < -0.3 is 8.83 Å². The summed E-state index contributed by atoms with van der Waals surface area (Å²) < 4.78 is 11.1. The molecular weight excluding hydrogens is 272 g/mol. The second-order valence-corrected chi connectivity index (χ2v) is 5.20. The molecule has 0 unspecified atom stereocenters. The monoisotopic (exact) mass is 284 g/mol. The Hall–Kier alpha value is -2.32. The first kappa shape index (κ1) is 12.7. The third-order valence-corrected chi connectivity index (χ3v) is 3.75. The number of hydrogen-bond donors (Lipinski definition) is 0. The molecule has 0 fully saturated rings. The summed E-state index contributed by atoms with van der Waals surface area (Å²) >= 11 is 1.62. The van der Waals surface area contributed by atoms with Crippen molar-refractivity contribution in [3.63, 3.8) is 0 Å². The SMILES string of the molecule is N#CCCCc1oc(-c2ccco2)nc1-c1cccs1. The van der Waals surface area contributed by atoms with Gasteiger partial charge in [-0.1, -0.05) is 6.07 Å². The van der Waals surface area contributed by atoms with Crippen molar-refractivity contribution < 1.29 is 8.83 Å². The summed E-state index contributed by atoms with van der Waals surface area (Å²) in [4.78, 5) is 5.61. The molecular formula is C15H12N2O2S. The van der Waals surface area contributed by atoms with Crippen molar-refractivity contribution in [2.24, 2.45) is 0 Å². The first-order valence-corrected chi connectivity index (χ1v) is 7.21. The maximum absolute atomic E-state index is 8.64. The van der Waals surface area contributed by atoms with E-state index in [1.807, 2.05) is 23.6 Å². The van der Waals surface area contributed by atoms with E-state index in [0.29, 0.717) is 24.5 Å². The molecule has 0 bridgehead atoms. The highest BCUT2D eigenvalue weighted by atomic mass is 32.1. The number of rotatable bonds is 5. The lowest BCUT2D eigenvalue weighted by Crippen LogP contribution is -1.85. The fourth-order valence-corrected chi connectivity index (χ4v) is 2.69. The molecule has 0 aliphatic carbocycles. The number of nitrogens with zero attached hydrogens (tertiary/aromatic N) is 2. The van der Waals surface area contributed by atoms with Gasteiger partial charge in [-0.05, 0) is 30.0 Å². The summed E-state index contributed by atoms with van der Waals surface area (Å²) in [7, 11) is 0. The molecule has 0 aromatic carbocycles. The summed E-state index contributed by atoms with van der Waals surface area (Å²) in [6, 6.07) is 9.78. The fourth-order valence-electron chi connectivity index (χ4n) is 1.96. The van der Waals surface area contributed by atoms with E-state index in [9.17, 15) is 0 Å². The van der Waals surface area contributed by atoms with Crippen LogP contribution >= 0.6 is 11.3 Å². The molecule has 0 atom stereocenters. The van der Waals surface area contributed by atoms with Crippen LogP contribution in [0.2, 0.25) is 0 Å². The molecule has 0 spiro atoms. The minimum absolute atomic E-state index is 0.491. The Balaban J connectivity index is 1.96. The van der Waals surface area contributed by atoms with Crippen molar-refractivity contribution in [3.8, 4) is 28.3 Å². The van der Waals surface area contributed by atoms with Crippen molar-refractivity contribution in [2.45, 2.75) is 19.3 Å². The van der Waals surface area contributed by atoms with Crippen molar-refractivity contribution in [3.05, 3.63) is 41.7 Å². The summed E-state index contributed by atoms with van der Waals surface area (Å²) in [5, 5.41) is 10.7. The normalized spacial score (nSPS) is 10.6. The molecule has 0 saturated heterocycles. The molecule has 5 heteroatoms. The minimum atomic E-state index is 0.491. The van der Waals surface area contributed by atoms with E-state index in [0.717, 1.165) is 22.8 Å². The Bertz CT molecular complexity index is 706. The maximum Gasteiger partial charge on any atom is 0.263 e. The van der Waals surface area contributed by atoms with E-state index in [4.69, 9.17) is 14.1 Å². The molecule has 0 amide bonds. The van der Waals surface area contributed by atoms with E-state index in [1.54, 1.807) is 23.7 Å². The summed E-state index contributed by atoms with van der Waals surface area (Å²) in [5.74, 6) is 1.92. The van der Waals surface area contributed by atoms with Crippen molar-refractivity contribution >= 4 is 11.3 Å². The predicted molar refractivity (Wildman–Crippen MR) is 76.1 cm³/mol. The first-order valence-electron chi connectivity index (χ1n) is 6.33. The van der Waals surface area contributed by atoms with Gasteiger partial charge in [-0.25, -0.2) is 4.98 Å². The average molecular weight is 284 g/mol. The first-order chi connectivity index (χ1) is 9.88. The number of thiophene rings is 1. The molecule has 0 radical (unpaired) electrons. The molecule has 3 aromatic heterocycles. The second kappa shape index (κ2) is 5.76. The average Bonchev–Trinajstić information content (AvgIpc) is 3.20. The molecule has 3 aromatic rings. The van der Waals surface area contributed by atoms with Crippen molar-refractivity contribution in [2.75, 3.05) is 0 Å². The Morgan fingerprint density at radius 3 is 2.95 bits per heavy atom. The lowest BCUT2D eigenvalue weighted by Gasteiger charge is -1.96. The largest absolute Gasteiger partial charge is 0.459 e. The van der Waals surface area contributed by atoms with Gasteiger partial charge in [-0.15, -0.1) is 11.3 Å². The number of hydrogen-bond acceptors (Lipinski definition) is 5. The maximum atomic E-state index is 8.64. The van der Waals surface area contributed by atoms with Crippen LogP contribution < -0.4 is 0 Å². The van der Waals surface area contributed by atoms with Gasteiger partial charge >= 0.3 is 0 Å². The topological polar surface area (TPSA) is 63.0 Å². The summed E-state index contributed by atoms with van der Waals surface area (Å²) in [6.07, 6.45) is 3.58. The van der Waals surface area contributed by atoms with Crippen LogP contribution in [-0.2, 0) is 6.42 Å². The number of aromatic nitrogens is 1. The van der Waals surface area contributed by atoms with E-state index in [-0.39, 0.29) is 0 Å². The third-order valence-electron chi connectivity index (χ3n) is 2.88. The van der Waals surface area contributed by atoms with Crippen molar-refractivity contribution in [1.29, 1.82) is 5.26 Å². The second-order valence-electron chi connectivity index (χ2n) is 4.26. The molecule has 3 rings (SSSR count). The Morgan fingerprint density at radius 1 is 1.30 bits per heavy atom. The molecule has 3 heterocycles. The van der Waals surface area contributed by atoms with E-state index >= 15 is 0 Å². The van der Waals surface area contributed by atoms with E-state index < -0.39 is 0 Å². The smallest absolute Gasteiger partial charge is 0.263 e. The predicted octanol–water partition coefficient (Wildman–Crippen LogP) is 4.51. The van der Waals surface area contributed by atoms with Gasteiger partial charge in [0.2, 0.25) is 0 Å². The van der Waals surface area contributed by atoms with E-state index in [1.165, 1.54) is 0 Å². The van der Waals surface area contributed by atoms with Crippen LogP contribution in [0.5, 0.6) is 0 Å². The third kappa shape index (κ3) is 2.51. The lowest BCUT2D eigenvalue weighted by atomic mass is 10.1. The number of nitriles is 1. The quantitative estimate of drug-likeness (QED) is 0.647.